The molecule has 1 atom stereocenters. The molecular formula is C16H24ClFN2. The molecule has 1 heterocycles. The predicted molar refractivity (Wildman–Crippen MR) is 82.6 cm³/mol. The Morgan fingerprint density at radius 3 is 2.85 bits per heavy atom. The molecule has 4 heteroatoms. The normalized spacial score (nSPS) is 20.6. The number of rotatable bonds is 4. The molecule has 1 aromatic rings. The van der Waals surface area contributed by atoms with E-state index in [1.54, 1.807) is 6.07 Å². The van der Waals surface area contributed by atoms with Crippen molar-refractivity contribution in [3.8, 4) is 0 Å². The highest BCUT2D eigenvalue weighted by molar-refractivity contribution is 6.30. The van der Waals surface area contributed by atoms with Gasteiger partial charge in [0.05, 0.1) is 5.02 Å². The van der Waals surface area contributed by atoms with Crippen LogP contribution in [0.5, 0.6) is 0 Å². The lowest BCUT2D eigenvalue weighted by Crippen LogP contribution is -2.45. The average Bonchev–Trinajstić information content (AvgIpc) is 2.79. The van der Waals surface area contributed by atoms with Gasteiger partial charge in [-0.15, -0.1) is 0 Å². The van der Waals surface area contributed by atoms with Gasteiger partial charge in [-0.2, -0.15) is 0 Å². The molecule has 1 N–H and O–H groups in total. The monoisotopic (exact) mass is 298 g/mol. The number of hydrogen-bond donors (Lipinski definition) is 1. The van der Waals surface area contributed by atoms with Crippen molar-refractivity contribution in [2.75, 3.05) is 13.1 Å². The Hall–Kier alpha value is -0.640. The summed E-state index contributed by atoms with van der Waals surface area (Å²) in [5, 5.41) is 3.76. The molecule has 2 nitrogen and oxygen atoms in total. The maximum Gasteiger partial charge on any atom is 0.146 e. The smallest absolute Gasteiger partial charge is 0.146 e. The molecule has 0 amide bonds. The lowest BCUT2D eigenvalue weighted by Gasteiger charge is -2.29. The van der Waals surface area contributed by atoms with Gasteiger partial charge in [0.2, 0.25) is 0 Å². The van der Waals surface area contributed by atoms with Crippen LogP contribution in [0.1, 0.15) is 39.2 Å². The van der Waals surface area contributed by atoms with Crippen molar-refractivity contribution in [1.82, 2.24) is 10.2 Å². The Morgan fingerprint density at radius 1 is 1.40 bits per heavy atom. The number of nitrogens with zero attached hydrogens (tertiary/aromatic N) is 1. The van der Waals surface area contributed by atoms with Crippen LogP contribution in [0, 0.1) is 5.82 Å². The summed E-state index contributed by atoms with van der Waals surface area (Å²) < 4.78 is 14.0. The third-order valence-electron chi connectivity index (χ3n) is 3.77. The molecule has 0 radical (unpaired) electrons. The second kappa shape index (κ2) is 6.42. The fourth-order valence-corrected chi connectivity index (χ4v) is 2.84. The summed E-state index contributed by atoms with van der Waals surface area (Å²) in [4.78, 5) is 2.35. The lowest BCUT2D eigenvalue weighted by molar-refractivity contribution is 0.223. The van der Waals surface area contributed by atoms with Crippen LogP contribution in [0.4, 0.5) is 4.39 Å². The quantitative estimate of drug-likeness (QED) is 0.909. The van der Waals surface area contributed by atoms with Crippen molar-refractivity contribution in [2.24, 2.45) is 0 Å². The summed E-state index contributed by atoms with van der Waals surface area (Å²) in [6.07, 6.45) is 2.35. The van der Waals surface area contributed by atoms with Crippen molar-refractivity contribution in [3.63, 3.8) is 0 Å². The van der Waals surface area contributed by atoms with Crippen LogP contribution < -0.4 is 5.32 Å². The van der Waals surface area contributed by atoms with Gasteiger partial charge in [-0.05, 0) is 46.2 Å². The number of nitrogens with one attached hydrogen (secondary N) is 1. The Morgan fingerprint density at radius 2 is 2.15 bits per heavy atom. The first-order valence-corrected chi connectivity index (χ1v) is 7.66. The van der Waals surface area contributed by atoms with Crippen molar-refractivity contribution in [2.45, 2.75) is 51.7 Å². The highest BCUT2D eigenvalue weighted by Crippen LogP contribution is 2.24. The van der Waals surface area contributed by atoms with Gasteiger partial charge in [0, 0.05) is 30.2 Å². The maximum atomic E-state index is 14.0. The Kier molecular flexibility index (Phi) is 5.05. The summed E-state index contributed by atoms with van der Waals surface area (Å²) in [6, 6.07) is 5.73. The molecule has 1 fully saturated rings. The first kappa shape index (κ1) is 15.7. The largest absolute Gasteiger partial charge is 0.311 e. The Balaban J connectivity index is 1.99. The molecule has 1 aliphatic heterocycles. The molecule has 112 valence electrons. The van der Waals surface area contributed by atoms with Crippen LogP contribution in [0.15, 0.2) is 18.2 Å². The molecule has 0 aliphatic carbocycles. The molecule has 1 aromatic carbocycles. The summed E-state index contributed by atoms with van der Waals surface area (Å²) in [7, 11) is 0. The molecule has 2 rings (SSSR count). The van der Waals surface area contributed by atoms with Gasteiger partial charge in [0.1, 0.15) is 5.82 Å². The molecule has 20 heavy (non-hydrogen) atoms. The van der Waals surface area contributed by atoms with Gasteiger partial charge in [0.15, 0.2) is 0 Å². The van der Waals surface area contributed by atoms with Gasteiger partial charge in [-0.3, -0.25) is 4.90 Å². The highest BCUT2D eigenvalue weighted by Gasteiger charge is 2.26. The van der Waals surface area contributed by atoms with E-state index in [2.05, 4.69) is 31.0 Å². The van der Waals surface area contributed by atoms with E-state index in [-0.39, 0.29) is 16.4 Å². The minimum Gasteiger partial charge on any atom is -0.311 e. The Labute approximate surface area is 126 Å². The average molecular weight is 299 g/mol. The van der Waals surface area contributed by atoms with Crippen LogP contribution in [-0.4, -0.2) is 29.6 Å². The predicted octanol–water partition coefficient (Wildman–Crippen LogP) is 3.83. The van der Waals surface area contributed by atoms with Crippen molar-refractivity contribution in [1.29, 1.82) is 0 Å². The fraction of sp³-hybridized carbons (Fsp3) is 0.625. The van der Waals surface area contributed by atoms with Crippen LogP contribution in [-0.2, 0) is 6.54 Å². The third-order valence-corrected chi connectivity index (χ3v) is 4.06. The summed E-state index contributed by atoms with van der Waals surface area (Å²) >= 11 is 5.85. The molecule has 1 unspecified atom stereocenters. The van der Waals surface area contributed by atoms with Crippen LogP contribution in [0.25, 0.3) is 0 Å². The summed E-state index contributed by atoms with van der Waals surface area (Å²) in [6.45, 7) is 9.13. The third kappa shape index (κ3) is 4.18. The van der Waals surface area contributed by atoms with E-state index in [4.69, 9.17) is 11.6 Å². The molecular weight excluding hydrogens is 275 g/mol. The van der Waals surface area contributed by atoms with E-state index in [1.807, 2.05) is 12.1 Å². The van der Waals surface area contributed by atoms with Gasteiger partial charge in [-0.1, -0.05) is 23.7 Å². The summed E-state index contributed by atoms with van der Waals surface area (Å²) in [5.74, 6) is -0.274. The topological polar surface area (TPSA) is 15.3 Å². The zero-order chi connectivity index (χ0) is 14.8. The van der Waals surface area contributed by atoms with Crippen molar-refractivity contribution < 1.29 is 4.39 Å². The van der Waals surface area contributed by atoms with Gasteiger partial charge in [0.25, 0.3) is 0 Å². The number of likely N-dealkylation sites (tertiary alicyclic amines) is 1. The number of benzene rings is 1. The van der Waals surface area contributed by atoms with Crippen LogP contribution in [0.3, 0.4) is 0 Å². The van der Waals surface area contributed by atoms with Crippen LogP contribution in [0.2, 0.25) is 5.02 Å². The minimum atomic E-state index is -0.274. The number of halogens is 2. The fourth-order valence-electron chi connectivity index (χ4n) is 2.65. The van der Waals surface area contributed by atoms with E-state index in [9.17, 15) is 4.39 Å². The Bertz CT molecular complexity index is 456. The molecule has 0 bridgehead atoms. The zero-order valence-corrected chi connectivity index (χ0v) is 13.3. The standard InChI is InChI=1S/C16H24ClFN2/c1-16(2,3)19-10-13-7-5-9-20(13)11-12-6-4-8-14(17)15(12)18/h4,6,8,13,19H,5,7,9-11H2,1-3H3. The molecule has 0 spiro atoms. The molecule has 1 saturated heterocycles. The minimum absolute atomic E-state index is 0.121. The van der Waals surface area contributed by atoms with E-state index in [0.29, 0.717) is 18.2 Å². The zero-order valence-electron chi connectivity index (χ0n) is 12.5. The first-order valence-electron chi connectivity index (χ1n) is 7.29. The van der Waals surface area contributed by atoms with E-state index < -0.39 is 0 Å². The van der Waals surface area contributed by atoms with Crippen molar-refractivity contribution in [3.05, 3.63) is 34.6 Å². The van der Waals surface area contributed by atoms with Gasteiger partial charge >= 0.3 is 0 Å². The molecule has 1 aliphatic rings. The first-order chi connectivity index (χ1) is 9.37. The molecule has 0 saturated carbocycles. The van der Waals surface area contributed by atoms with E-state index in [1.165, 1.54) is 12.8 Å². The van der Waals surface area contributed by atoms with Crippen LogP contribution >= 0.6 is 11.6 Å². The van der Waals surface area contributed by atoms with E-state index >= 15 is 0 Å². The maximum absolute atomic E-state index is 14.0. The van der Waals surface area contributed by atoms with Gasteiger partial charge < -0.3 is 5.32 Å². The van der Waals surface area contributed by atoms with Gasteiger partial charge in [-0.25, -0.2) is 4.39 Å². The SMILES string of the molecule is CC(C)(C)NCC1CCCN1Cc1cccc(Cl)c1F. The second-order valence-corrected chi connectivity index (χ2v) is 7.02. The summed E-state index contributed by atoms with van der Waals surface area (Å²) in [5.41, 5.74) is 0.815. The highest BCUT2D eigenvalue weighted by atomic mass is 35.5. The molecule has 0 aromatic heterocycles. The van der Waals surface area contributed by atoms with Crippen molar-refractivity contribution >= 4 is 11.6 Å². The number of hydrogen-bond acceptors (Lipinski definition) is 2. The second-order valence-electron chi connectivity index (χ2n) is 6.61. The lowest BCUT2D eigenvalue weighted by atomic mass is 10.1. The van der Waals surface area contributed by atoms with E-state index in [0.717, 1.165) is 13.1 Å².